The van der Waals surface area contributed by atoms with Crippen molar-refractivity contribution in [3.8, 4) is 0 Å². The molecule has 1 heterocycles. The third-order valence-electron chi connectivity index (χ3n) is 3.93. The summed E-state index contributed by atoms with van der Waals surface area (Å²) in [6.45, 7) is 9.02. The molecule has 0 unspecified atom stereocenters. The summed E-state index contributed by atoms with van der Waals surface area (Å²) in [6, 6.07) is 6.37. The van der Waals surface area contributed by atoms with Gasteiger partial charge in [-0.2, -0.15) is 0 Å². The summed E-state index contributed by atoms with van der Waals surface area (Å²) < 4.78 is 23.5. The maximum absolute atomic E-state index is 12.7. The molecule has 1 aromatic heterocycles. The molecule has 0 bridgehead atoms. The average Bonchev–Trinajstić information content (AvgIpc) is 2.88. The van der Waals surface area contributed by atoms with Crippen molar-refractivity contribution in [2.24, 2.45) is 5.41 Å². The van der Waals surface area contributed by atoms with Crippen molar-refractivity contribution in [2.75, 3.05) is 16.9 Å². The van der Waals surface area contributed by atoms with E-state index in [9.17, 15) is 18.0 Å². The number of hydrogen-bond donors (Lipinski definition) is 2. The molecule has 0 aliphatic rings. The van der Waals surface area contributed by atoms with E-state index in [4.69, 9.17) is 0 Å². The molecule has 0 radical (unpaired) electrons. The molecule has 146 valence electrons. The molecule has 2 aromatic rings. The topological polar surface area (TPSA) is 92.3 Å². The largest absolute Gasteiger partial charge is 0.321 e. The molecule has 2 amide bonds. The zero-order chi connectivity index (χ0) is 20.6. The highest BCUT2D eigenvalue weighted by Crippen LogP contribution is 2.30. The Morgan fingerprint density at radius 2 is 1.63 bits per heavy atom. The highest BCUT2D eigenvalue weighted by Gasteiger charge is 2.23. The summed E-state index contributed by atoms with van der Waals surface area (Å²) in [5.74, 6) is -0.477. The van der Waals surface area contributed by atoms with Crippen LogP contribution in [-0.2, 0) is 14.6 Å². The zero-order valence-corrected chi connectivity index (χ0v) is 17.9. The predicted octanol–water partition coefficient (Wildman–Crippen LogP) is 4.01. The van der Waals surface area contributed by atoms with Gasteiger partial charge in [-0.3, -0.25) is 9.59 Å². The fraction of sp³-hybridized carbons (Fsp3) is 0.368. The molecule has 0 aliphatic carbocycles. The minimum Gasteiger partial charge on any atom is -0.321 e. The van der Waals surface area contributed by atoms with Crippen LogP contribution in [0, 0.1) is 19.3 Å². The van der Waals surface area contributed by atoms with Crippen molar-refractivity contribution in [3.63, 3.8) is 0 Å². The number of carbonyl (C=O) groups is 2. The monoisotopic (exact) mass is 408 g/mol. The van der Waals surface area contributed by atoms with Gasteiger partial charge in [0.15, 0.2) is 9.84 Å². The summed E-state index contributed by atoms with van der Waals surface area (Å²) in [4.78, 5) is 25.4. The van der Waals surface area contributed by atoms with Gasteiger partial charge in [-0.1, -0.05) is 26.8 Å². The fourth-order valence-electron chi connectivity index (χ4n) is 2.21. The van der Waals surface area contributed by atoms with Crippen LogP contribution in [0.2, 0.25) is 0 Å². The highest BCUT2D eigenvalue weighted by atomic mass is 32.2. The Bertz CT molecular complexity index is 999. The van der Waals surface area contributed by atoms with Gasteiger partial charge in [-0.05, 0) is 43.2 Å². The molecule has 0 spiro atoms. The summed E-state index contributed by atoms with van der Waals surface area (Å²) in [5.41, 5.74) is 1.39. The molecule has 0 atom stereocenters. The van der Waals surface area contributed by atoms with Crippen LogP contribution in [0.3, 0.4) is 0 Å². The van der Waals surface area contributed by atoms with Gasteiger partial charge >= 0.3 is 0 Å². The second kappa shape index (κ2) is 7.44. The van der Waals surface area contributed by atoms with Gasteiger partial charge < -0.3 is 10.6 Å². The quantitative estimate of drug-likeness (QED) is 0.800. The molecule has 27 heavy (non-hydrogen) atoms. The first-order valence-electron chi connectivity index (χ1n) is 8.33. The van der Waals surface area contributed by atoms with Gasteiger partial charge in [0.2, 0.25) is 5.91 Å². The number of hydrogen-bond acceptors (Lipinski definition) is 5. The van der Waals surface area contributed by atoms with E-state index < -0.39 is 15.3 Å². The number of benzene rings is 1. The number of sulfone groups is 1. The number of aryl methyl sites for hydroxylation is 2. The Balaban J connectivity index is 2.26. The van der Waals surface area contributed by atoms with Crippen LogP contribution in [0.15, 0.2) is 29.2 Å². The molecular formula is C19H24N2O4S2. The summed E-state index contributed by atoms with van der Waals surface area (Å²) in [7, 11) is -3.37. The van der Waals surface area contributed by atoms with Gasteiger partial charge in [0.1, 0.15) is 0 Å². The van der Waals surface area contributed by atoms with E-state index in [2.05, 4.69) is 10.6 Å². The first-order chi connectivity index (χ1) is 12.3. The normalized spacial score (nSPS) is 11.9. The van der Waals surface area contributed by atoms with Gasteiger partial charge in [0.25, 0.3) is 5.91 Å². The van der Waals surface area contributed by atoms with E-state index in [-0.39, 0.29) is 16.7 Å². The number of thiophene rings is 1. The molecule has 2 rings (SSSR count). The second-order valence-electron chi connectivity index (χ2n) is 7.53. The standard InChI is InChI=1S/C19H24N2O4S2/c1-11-7-8-13(27(6,24)25)10-14(11)20-17(22)16-12(2)9-15(26-16)21-18(23)19(3,4)5/h7-10H,1-6H3,(H,20,22)(H,21,23). The van der Waals surface area contributed by atoms with E-state index in [0.29, 0.717) is 15.6 Å². The predicted molar refractivity (Wildman–Crippen MR) is 109 cm³/mol. The molecule has 0 saturated heterocycles. The molecule has 0 saturated carbocycles. The molecule has 8 heteroatoms. The maximum atomic E-state index is 12.7. The number of amides is 2. The van der Waals surface area contributed by atoms with E-state index in [0.717, 1.165) is 17.4 Å². The third kappa shape index (κ3) is 5.17. The van der Waals surface area contributed by atoms with E-state index in [1.54, 1.807) is 26.0 Å². The summed E-state index contributed by atoms with van der Waals surface area (Å²) in [6.07, 6.45) is 1.12. The molecule has 0 aliphatic heterocycles. The van der Waals surface area contributed by atoms with Gasteiger partial charge in [0.05, 0.1) is 14.8 Å². The van der Waals surface area contributed by atoms with Crippen molar-refractivity contribution in [1.29, 1.82) is 0 Å². The smallest absolute Gasteiger partial charge is 0.266 e. The highest BCUT2D eigenvalue weighted by molar-refractivity contribution is 7.90. The SMILES string of the molecule is Cc1ccc(S(C)(=O)=O)cc1NC(=O)c1sc(NC(=O)C(C)(C)C)cc1C. The molecular weight excluding hydrogens is 384 g/mol. The number of nitrogens with one attached hydrogen (secondary N) is 2. The van der Waals surface area contributed by atoms with E-state index in [1.165, 1.54) is 23.5 Å². The summed E-state index contributed by atoms with van der Waals surface area (Å²) in [5, 5.41) is 6.19. The van der Waals surface area contributed by atoms with Crippen molar-refractivity contribution >= 4 is 43.7 Å². The molecule has 0 fully saturated rings. The van der Waals surface area contributed by atoms with Crippen LogP contribution in [0.25, 0.3) is 0 Å². The number of anilines is 2. The molecule has 2 N–H and O–H groups in total. The minimum absolute atomic E-state index is 0.132. The van der Waals surface area contributed by atoms with Crippen molar-refractivity contribution in [1.82, 2.24) is 0 Å². The second-order valence-corrected chi connectivity index (χ2v) is 10.6. The van der Waals surface area contributed by atoms with Crippen LogP contribution in [0.5, 0.6) is 0 Å². The maximum Gasteiger partial charge on any atom is 0.266 e. The number of rotatable bonds is 4. The first-order valence-corrected chi connectivity index (χ1v) is 11.0. The van der Waals surface area contributed by atoms with Crippen molar-refractivity contribution in [2.45, 2.75) is 39.5 Å². The Kier molecular flexibility index (Phi) is 5.82. The first kappa shape index (κ1) is 21.1. The van der Waals surface area contributed by atoms with Gasteiger partial charge in [0, 0.05) is 17.4 Å². The van der Waals surface area contributed by atoms with E-state index in [1.807, 2.05) is 20.8 Å². The lowest BCUT2D eigenvalue weighted by atomic mass is 9.96. The van der Waals surface area contributed by atoms with Crippen LogP contribution in [0.4, 0.5) is 10.7 Å². The average molecular weight is 409 g/mol. The van der Waals surface area contributed by atoms with Gasteiger partial charge in [-0.25, -0.2) is 8.42 Å². The lowest BCUT2D eigenvalue weighted by molar-refractivity contribution is -0.123. The Morgan fingerprint density at radius 3 is 2.19 bits per heavy atom. The van der Waals surface area contributed by atoms with Crippen LogP contribution in [-0.4, -0.2) is 26.5 Å². The lowest BCUT2D eigenvalue weighted by Gasteiger charge is -2.16. The molecule has 1 aromatic carbocycles. The zero-order valence-electron chi connectivity index (χ0n) is 16.3. The number of carbonyl (C=O) groups excluding carboxylic acids is 2. The van der Waals surface area contributed by atoms with Crippen molar-refractivity contribution in [3.05, 3.63) is 40.3 Å². The van der Waals surface area contributed by atoms with Gasteiger partial charge in [-0.15, -0.1) is 11.3 Å². The third-order valence-corrected chi connectivity index (χ3v) is 6.19. The van der Waals surface area contributed by atoms with Crippen LogP contribution in [0.1, 0.15) is 41.6 Å². The van der Waals surface area contributed by atoms with E-state index >= 15 is 0 Å². The van der Waals surface area contributed by atoms with Crippen LogP contribution < -0.4 is 10.6 Å². The minimum atomic E-state index is -3.37. The summed E-state index contributed by atoms with van der Waals surface area (Å²) >= 11 is 1.18. The lowest BCUT2D eigenvalue weighted by Crippen LogP contribution is -2.27. The molecule has 6 nitrogen and oxygen atoms in total. The Labute approximate surface area is 163 Å². The van der Waals surface area contributed by atoms with Crippen LogP contribution >= 0.6 is 11.3 Å². The fourth-order valence-corrected chi connectivity index (χ4v) is 3.82. The van der Waals surface area contributed by atoms with Crippen molar-refractivity contribution < 1.29 is 18.0 Å². The Morgan fingerprint density at radius 1 is 1.00 bits per heavy atom. The Hall–Kier alpha value is -2.19.